The van der Waals surface area contributed by atoms with Crippen molar-refractivity contribution >= 4 is 5.97 Å². The zero-order chi connectivity index (χ0) is 19.1. The van der Waals surface area contributed by atoms with Crippen molar-refractivity contribution in [2.75, 3.05) is 0 Å². The molecular formula is C24H34O2. The molecule has 142 valence electrons. The summed E-state index contributed by atoms with van der Waals surface area (Å²) in [5.74, 6) is -0.882. The highest BCUT2D eigenvalue weighted by Crippen LogP contribution is 1.98. The quantitative estimate of drug-likeness (QED) is 0.193. The monoisotopic (exact) mass is 354 g/mol. The Morgan fingerprint density at radius 3 is 1.31 bits per heavy atom. The Bertz CT molecular complexity index is 528. The molecule has 0 bridgehead atoms. The lowest BCUT2D eigenvalue weighted by Gasteiger charge is -1.87. The van der Waals surface area contributed by atoms with Crippen molar-refractivity contribution in [3.05, 3.63) is 85.1 Å². The predicted molar refractivity (Wildman–Crippen MR) is 114 cm³/mol. The molecule has 0 heterocycles. The van der Waals surface area contributed by atoms with Crippen molar-refractivity contribution in [2.45, 2.75) is 58.3 Å². The molecule has 0 aliphatic rings. The molecule has 0 fully saturated rings. The van der Waals surface area contributed by atoms with Gasteiger partial charge in [-0.15, -0.1) is 0 Å². The molecule has 0 aromatic carbocycles. The minimum absolute atomic E-state index is 0.772. The fourth-order valence-corrected chi connectivity index (χ4v) is 2.02. The lowest BCUT2D eigenvalue weighted by molar-refractivity contribution is -0.131. The molecule has 0 rings (SSSR count). The third kappa shape index (κ3) is 21.6. The summed E-state index contributed by atoms with van der Waals surface area (Å²) in [5, 5.41) is 8.44. The fraction of sp³-hybridized carbons (Fsp3) is 0.375. The Labute approximate surface area is 159 Å². The van der Waals surface area contributed by atoms with E-state index in [0.717, 1.165) is 51.4 Å². The molecule has 0 spiro atoms. The average molecular weight is 355 g/mol. The van der Waals surface area contributed by atoms with Crippen LogP contribution < -0.4 is 0 Å². The second-order valence-electron chi connectivity index (χ2n) is 5.73. The Kier molecular flexibility index (Phi) is 18.8. The lowest BCUT2D eigenvalue weighted by atomic mass is 10.2. The highest BCUT2D eigenvalue weighted by molar-refractivity contribution is 5.79. The van der Waals surface area contributed by atoms with E-state index in [4.69, 9.17) is 5.11 Å². The first kappa shape index (κ1) is 23.6. The van der Waals surface area contributed by atoms with Gasteiger partial charge >= 0.3 is 5.97 Å². The van der Waals surface area contributed by atoms with Crippen LogP contribution in [-0.4, -0.2) is 11.1 Å². The summed E-state index contributed by atoms with van der Waals surface area (Å²) in [6, 6.07) is 0. The third-order valence-corrected chi connectivity index (χ3v) is 3.36. The molecule has 0 amide bonds. The number of hydrogen-bond acceptors (Lipinski definition) is 1. The largest absolute Gasteiger partial charge is 0.478 e. The van der Waals surface area contributed by atoms with Gasteiger partial charge in [0.2, 0.25) is 0 Å². The van der Waals surface area contributed by atoms with Crippen LogP contribution in [0.15, 0.2) is 85.1 Å². The number of unbranched alkanes of at least 4 members (excludes halogenated alkanes) is 1. The number of aliphatic carboxylic acids is 1. The number of carboxylic acids is 1. The molecule has 0 saturated heterocycles. The smallest absolute Gasteiger partial charge is 0.327 e. The maximum absolute atomic E-state index is 10.3. The SMILES string of the molecule is CC/C=C\C/C=C\C/C=C\C/C=C\C/C=C\C/C=C\CC/C=C/C(=O)O. The van der Waals surface area contributed by atoms with Crippen LogP contribution in [0.2, 0.25) is 0 Å². The average Bonchev–Trinajstić information content (AvgIpc) is 2.62. The molecule has 0 aliphatic heterocycles. The minimum atomic E-state index is -0.882. The highest BCUT2D eigenvalue weighted by atomic mass is 16.4. The second-order valence-corrected chi connectivity index (χ2v) is 5.73. The molecule has 0 saturated carbocycles. The molecule has 2 heteroatoms. The Balaban J connectivity index is 3.54. The van der Waals surface area contributed by atoms with E-state index in [9.17, 15) is 4.79 Å². The van der Waals surface area contributed by atoms with Crippen LogP contribution in [0.1, 0.15) is 58.3 Å². The summed E-state index contributed by atoms with van der Waals surface area (Å²) in [7, 11) is 0. The summed E-state index contributed by atoms with van der Waals surface area (Å²) in [4.78, 5) is 10.3. The first-order valence-corrected chi connectivity index (χ1v) is 9.56. The molecule has 0 aromatic rings. The van der Waals surface area contributed by atoms with Crippen molar-refractivity contribution in [1.29, 1.82) is 0 Å². The van der Waals surface area contributed by atoms with E-state index in [1.165, 1.54) is 6.08 Å². The molecular weight excluding hydrogens is 320 g/mol. The van der Waals surface area contributed by atoms with Gasteiger partial charge in [-0.25, -0.2) is 4.79 Å². The van der Waals surface area contributed by atoms with E-state index >= 15 is 0 Å². The number of rotatable bonds is 15. The zero-order valence-corrected chi connectivity index (χ0v) is 16.1. The van der Waals surface area contributed by atoms with Crippen molar-refractivity contribution < 1.29 is 9.90 Å². The van der Waals surface area contributed by atoms with Gasteiger partial charge in [0.25, 0.3) is 0 Å². The highest BCUT2D eigenvalue weighted by Gasteiger charge is 1.83. The number of hydrogen-bond donors (Lipinski definition) is 1. The Morgan fingerprint density at radius 2 is 0.923 bits per heavy atom. The maximum atomic E-state index is 10.3. The summed E-state index contributed by atoms with van der Waals surface area (Å²) in [6.45, 7) is 2.15. The van der Waals surface area contributed by atoms with Crippen LogP contribution in [0.4, 0.5) is 0 Å². The van der Waals surface area contributed by atoms with Gasteiger partial charge in [-0.2, -0.15) is 0 Å². The number of carbonyl (C=O) groups is 1. The van der Waals surface area contributed by atoms with Crippen LogP contribution >= 0.6 is 0 Å². The van der Waals surface area contributed by atoms with Crippen molar-refractivity contribution in [2.24, 2.45) is 0 Å². The standard InChI is InChI=1S/C24H34O2/c1-2-3-4-5-6-7-8-9-10-11-12-13-14-15-16-17-18-19-20-21-22-23-24(25)26/h3-4,6-7,9-10,12-13,15-16,18-19,22-23H,2,5,8,11,14,17,20-21H2,1H3,(H,25,26)/b4-3-,7-6-,10-9-,13-12-,16-15-,19-18-,23-22+. The first-order chi connectivity index (χ1) is 12.8. The summed E-state index contributed by atoms with van der Waals surface area (Å²) in [5.41, 5.74) is 0. The van der Waals surface area contributed by atoms with Gasteiger partial charge in [0.15, 0.2) is 0 Å². The molecule has 2 nitrogen and oxygen atoms in total. The van der Waals surface area contributed by atoms with Crippen LogP contribution in [0.3, 0.4) is 0 Å². The fourth-order valence-electron chi connectivity index (χ4n) is 2.02. The van der Waals surface area contributed by atoms with Crippen molar-refractivity contribution in [1.82, 2.24) is 0 Å². The van der Waals surface area contributed by atoms with E-state index in [1.807, 2.05) is 0 Å². The Morgan fingerprint density at radius 1 is 0.577 bits per heavy atom. The maximum Gasteiger partial charge on any atom is 0.327 e. The first-order valence-electron chi connectivity index (χ1n) is 9.56. The van der Waals surface area contributed by atoms with E-state index < -0.39 is 5.97 Å². The second kappa shape index (κ2) is 20.7. The van der Waals surface area contributed by atoms with Gasteiger partial charge in [-0.05, 0) is 51.4 Å². The third-order valence-electron chi connectivity index (χ3n) is 3.36. The molecule has 0 atom stereocenters. The summed E-state index contributed by atoms with van der Waals surface area (Å²) in [6.07, 6.45) is 36.7. The number of carboxylic acid groups (broad SMARTS) is 1. The van der Waals surface area contributed by atoms with Gasteiger partial charge in [-0.3, -0.25) is 0 Å². The summed E-state index contributed by atoms with van der Waals surface area (Å²) < 4.78 is 0. The van der Waals surface area contributed by atoms with E-state index in [0.29, 0.717) is 0 Å². The van der Waals surface area contributed by atoms with Crippen molar-refractivity contribution in [3.8, 4) is 0 Å². The number of allylic oxidation sites excluding steroid dienone is 13. The Hall–Kier alpha value is -2.35. The topological polar surface area (TPSA) is 37.3 Å². The normalized spacial score (nSPS) is 13.3. The van der Waals surface area contributed by atoms with Crippen molar-refractivity contribution in [3.63, 3.8) is 0 Å². The zero-order valence-electron chi connectivity index (χ0n) is 16.1. The lowest BCUT2D eigenvalue weighted by Crippen LogP contribution is -1.85. The molecule has 0 aliphatic carbocycles. The predicted octanol–water partition coefficient (Wildman–Crippen LogP) is 7.11. The molecule has 26 heavy (non-hydrogen) atoms. The van der Waals surface area contributed by atoms with Gasteiger partial charge in [0, 0.05) is 6.08 Å². The minimum Gasteiger partial charge on any atom is -0.478 e. The van der Waals surface area contributed by atoms with E-state index in [1.54, 1.807) is 6.08 Å². The molecule has 0 radical (unpaired) electrons. The molecule has 1 N–H and O–H groups in total. The summed E-state index contributed by atoms with van der Waals surface area (Å²) >= 11 is 0. The van der Waals surface area contributed by atoms with Crippen LogP contribution in [0.5, 0.6) is 0 Å². The van der Waals surface area contributed by atoms with Gasteiger partial charge in [-0.1, -0.05) is 85.9 Å². The molecule has 0 unspecified atom stereocenters. The van der Waals surface area contributed by atoms with Gasteiger partial charge in [0.1, 0.15) is 0 Å². The van der Waals surface area contributed by atoms with Crippen LogP contribution in [0.25, 0.3) is 0 Å². The molecule has 0 aromatic heterocycles. The van der Waals surface area contributed by atoms with E-state index in [-0.39, 0.29) is 0 Å². The van der Waals surface area contributed by atoms with Gasteiger partial charge in [0.05, 0.1) is 0 Å². The van der Waals surface area contributed by atoms with E-state index in [2.05, 4.69) is 79.8 Å². The van der Waals surface area contributed by atoms with Crippen LogP contribution in [-0.2, 0) is 4.79 Å². The van der Waals surface area contributed by atoms with Gasteiger partial charge < -0.3 is 5.11 Å². The van der Waals surface area contributed by atoms with Crippen LogP contribution in [0, 0.1) is 0 Å².